The van der Waals surface area contributed by atoms with E-state index in [1.54, 1.807) is 11.9 Å². The van der Waals surface area contributed by atoms with Crippen molar-refractivity contribution < 1.29 is 10.0 Å². The van der Waals surface area contributed by atoms with Crippen LogP contribution in [0.15, 0.2) is 29.4 Å². The van der Waals surface area contributed by atoms with Gasteiger partial charge in [0.15, 0.2) is 0 Å². The summed E-state index contributed by atoms with van der Waals surface area (Å²) in [6.07, 6.45) is -0.0706. The molecule has 1 aromatic rings. The number of benzene rings is 1. The minimum absolute atomic E-state index is 0.0706. The minimum Gasteiger partial charge on any atom is -0.409 e. The predicted molar refractivity (Wildman–Crippen MR) is 65.7 cm³/mol. The number of carbonyl (C=O) groups excluding carboxylic acids is 1. The van der Waals surface area contributed by atoms with Crippen LogP contribution in [0.25, 0.3) is 0 Å². The summed E-state index contributed by atoms with van der Waals surface area (Å²) in [5.41, 5.74) is 7.50. The monoisotopic (exact) mass is 235 g/mol. The molecule has 0 aliphatic rings. The Bertz CT molecular complexity index is 412. The van der Waals surface area contributed by atoms with Crippen molar-refractivity contribution in [2.75, 3.05) is 7.05 Å². The molecule has 0 atom stereocenters. The van der Waals surface area contributed by atoms with Crippen molar-refractivity contribution in [2.24, 2.45) is 10.9 Å². The van der Waals surface area contributed by atoms with Crippen molar-refractivity contribution in [3.05, 3.63) is 35.4 Å². The van der Waals surface area contributed by atoms with E-state index in [0.29, 0.717) is 6.54 Å². The average Bonchev–Trinajstić information content (AvgIpc) is 2.31. The molecule has 0 spiro atoms. The van der Waals surface area contributed by atoms with E-state index in [0.717, 1.165) is 5.56 Å². The van der Waals surface area contributed by atoms with Crippen LogP contribution in [-0.4, -0.2) is 28.9 Å². The quantitative estimate of drug-likeness (QED) is 0.355. The molecule has 1 amide bonds. The molecule has 0 radical (unpaired) electrons. The third-order valence-electron chi connectivity index (χ3n) is 2.43. The molecule has 0 heterocycles. The van der Waals surface area contributed by atoms with Crippen LogP contribution in [0.4, 0.5) is 0 Å². The van der Waals surface area contributed by atoms with E-state index in [4.69, 9.17) is 10.9 Å². The van der Waals surface area contributed by atoms with Crippen LogP contribution in [0.1, 0.15) is 17.5 Å². The summed E-state index contributed by atoms with van der Waals surface area (Å²) in [5.74, 6) is -0.258. The lowest BCUT2D eigenvalue weighted by atomic mass is 10.1. The van der Waals surface area contributed by atoms with E-state index in [9.17, 15) is 4.79 Å². The zero-order valence-corrected chi connectivity index (χ0v) is 10.1. The van der Waals surface area contributed by atoms with Crippen LogP contribution in [0, 0.1) is 6.92 Å². The largest absolute Gasteiger partial charge is 0.409 e. The molecule has 0 aromatic heterocycles. The molecule has 0 saturated carbocycles. The van der Waals surface area contributed by atoms with Crippen LogP contribution in [0.5, 0.6) is 0 Å². The highest BCUT2D eigenvalue weighted by atomic mass is 16.4. The number of carbonyl (C=O) groups is 1. The molecule has 92 valence electrons. The number of amides is 1. The average molecular weight is 235 g/mol. The number of nitrogens with two attached hydrogens (primary N) is 1. The summed E-state index contributed by atoms with van der Waals surface area (Å²) in [7, 11) is 1.69. The molecule has 0 fully saturated rings. The van der Waals surface area contributed by atoms with Gasteiger partial charge < -0.3 is 15.8 Å². The van der Waals surface area contributed by atoms with Crippen molar-refractivity contribution in [1.29, 1.82) is 0 Å². The van der Waals surface area contributed by atoms with Gasteiger partial charge >= 0.3 is 0 Å². The molecule has 0 unspecified atom stereocenters. The standard InChI is InChI=1S/C12H17N3O2/c1-9-3-5-10(6-4-9)8-15(2)12(16)7-11(13)14-17/h3-6,17H,7-8H2,1-2H3,(H2,13,14). The van der Waals surface area contributed by atoms with Crippen LogP contribution in [-0.2, 0) is 11.3 Å². The first kappa shape index (κ1) is 13.0. The van der Waals surface area contributed by atoms with Gasteiger partial charge in [-0.1, -0.05) is 35.0 Å². The number of aryl methyl sites for hydroxylation is 1. The van der Waals surface area contributed by atoms with Crippen molar-refractivity contribution in [2.45, 2.75) is 19.9 Å². The Morgan fingerprint density at radius 2 is 2.00 bits per heavy atom. The molecule has 3 N–H and O–H groups in total. The van der Waals surface area contributed by atoms with Gasteiger partial charge in [0.2, 0.25) is 5.91 Å². The molecule has 1 rings (SSSR count). The highest BCUT2D eigenvalue weighted by Crippen LogP contribution is 2.06. The number of rotatable bonds is 4. The number of oxime groups is 1. The van der Waals surface area contributed by atoms with E-state index in [1.165, 1.54) is 5.56 Å². The molecule has 5 heteroatoms. The summed E-state index contributed by atoms with van der Waals surface area (Å²) >= 11 is 0. The van der Waals surface area contributed by atoms with Crippen molar-refractivity contribution in [1.82, 2.24) is 4.90 Å². The Morgan fingerprint density at radius 1 is 1.41 bits per heavy atom. The van der Waals surface area contributed by atoms with E-state index in [1.807, 2.05) is 31.2 Å². The van der Waals surface area contributed by atoms with E-state index in [2.05, 4.69) is 5.16 Å². The fraction of sp³-hybridized carbons (Fsp3) is 0.333. The van der Waals surface area contributed by atoms with Crippen molar-refractivity contribution in [3.63, 3.8) is 0 Å². The van der Waals surface area contributed by atoms with Gasteiger partial charge in [-0.3, -0.25) is 4.79 Å². The molecule has 5 nitrogen and oxygen atoms in total. The molecule has 17 heavy (non-hydrogen) atoms. The summed E-state index contributed by atoms with van der Waals surface area (Å²) in [6.45, 7) is 2.52. The van der Waals surface area contributed by atoms with Crippen LogP contribution >= 0.6 is 0 Å². The molecule has 0 saturated heterocycles. The number of hydrogen-bond acceptors (Lipinski definition) is 3. The maximum atomic E-state index is 11.6. The molecule has 0 aliphatic heterocycles. The number of nitrogens with zero attached hydrogens (tertiary/aromatic N) is 2. The molecule has 0 bridgehead atoms. The van der Waals surface area contributed by atoms with Gasteiger partial charge in [0.25, 0.3) is 0 Å². The van der Waals surface area contributed by atoms with Crippen LogP contribution < -0.4 is 5.73 Å². The smallest absolute Gasteiger partial charge is 0.230 e. The lowest BCUT2D eigenvalue weighted by Crippen LogP contribution is -2.30. The first-order chi connectivity index (χ1) is 8.02. The maximum absolute atomic E-state index is 11.6. The Balaban J connectivity index is 2.57. The van der Waals surface area contributed by atoms with Gasteiger partial charge in [-0.05, 0) is 12.5 Å². The summed E-state index contributed by atoms with van der Waals surface area (Å²) < 4.78 is 0. The second-order valence-corrected chi connectivity index (χ2v) is 4.00. The van der Waals surface area contributed by atoms with Crippen LogP contribution in [0.2, 0.25) is 0 Å². The van der Waals surface area contributed by atoms with Crippen molar-refractivity contribution in [3.8, 4) is 0 Å². The van der Waals surface area contributed by atoms with Gasteiger partial charge in [0.1, 0.15) is 5.84 Å². The normalized spacial score (nSPS) is 11.3. The van der Waals surface area contributed by atoms with E-state index in [-0.39, 0.29) is 18.2 Å². The van der Waals surface area contributed by atoms with Gasteiger partial charge in [-0.2, -0.15) is 0 Å². The fourth-order valence-corrected chi connectivity index (χ4v) is 1.38. The van der Waals surface area contributed by atoms with Crippen molar-refractivity contribution >= 4 is 11.7 Å². The molecule has 1 aromatic carbocycles. The molecule has 0 aliphatic carbocycles. The summed E-state index contributed by atoms with van der Waals surface area (Å²) in [4.78, 5) is 13.2. The molecular weight excluding hydrogens is 218 g/mol. The van der Waals surface area contributed by atoms with Crippen LogP contribution in [0.3, 0.4) is 0 Å². The van der Waals surface area contributed by atoms with E-state index >= 15 is 0 Å². The minimum atomic E-state index is -0.180. The number of hydrogen-bond donors (Lipinski definition) is 2. The topological polar surface area (TPSA) is 78.9 Å². The zero-order valence-electron chi connectivity index (χ0n) is 10.1. The third-order valence-corrected chi connectivity index (χ3v) is 2.43. The Morgan fingerprint density at radius 3 is 2.53 bits per heavy atom. The highest BCUT2D eigenvalue weighted by Gasteiger charge is 2.11. The van der Waals surface area contributed by atoms with E-state index < -0.39 is 0 Å². The first-order valence-corrected chi connectivity index (χ1v) is 5.29. The number of amidine groups is 1. The second-order valence-electron chi connectivity index (χ2n) is 4.00. The van der Waals surface area contributed by atoms with Gasteiger partial charge in [0.05, 0.1) is 6.42 Å². The van der Waals surface area contributed by atoms with Gasteiger partial charge in [-0.25, -0.2) is 0 Å². The Kier molecular flexibility index (Phi) is 4.51. The SMILES string of the molecule is Cc1ccc(CN(C)C(=O)C/C(N)=N/O)cc1. The molecular formula is C12H17N3O2. The zero-order chi connectivity index (χ0) is 12.8. The second kappa shape index (κ2) is 5.89. The summed E-state index contributed by atoms with van der Waals surface area (Å²) in [6, 6.07) is 7.94. The van der Waals surface area contributed by atoms with Gasteiger partial charge in [-0.15, -0.1) is 0 Å². The highest BCUT2D eigenvalue weighted by molar-refractivity contribution is 5.98. The fourth-order valence-electron chi connectivity index (χ4n) is 1.38. The maximum Gasteiger partial charge on any atom is 0.230 e. The Labute approximate surface area is 101 Å². The lowest BCUT2D eigenvalue weighted by molar-refractivity contribution is -0.129. The Hall–Kier alpha value is -2.04. The predicted octanol–water partition coefficient (Wildman–Crippen LogP) is 1.09. The first-order valence-electron chi connectivity index (χ1n) is 5.29. The lowest BCUT2D eigenvalue weighted by Gasteiger charge is -2.16. The third kappa shape index (κ3) is 4.14. The van der Waals surface area contributed by atoms with Gasteiger partial charge in [0, 0.05) is 13.6 Å². The summed E-state index contributed by atoms with van der Waals surface area (Å²) in [5, 5.41) is 11.2.